The highest BCUT2D eigenvalue weighted by molar-refractivity contribution is 5.04. The smallest absolute Gasteiger partial charge is 0.0939 e. The van der Waals surface area contributed by atoms with E-state index in [4.69, 9.17) is 20.9 Å². The number of rotatable bonds is 4. The van der Waals surface area contributed by atoms with Crippen molar-refractivity contribution in [3.63, 3.8) is 0 Å². The molecule has 0 aromatic carbocycles. The molecule has 0 aromatic heterocycles. The zero-order chi connectivity index (χ0) is 12.4. The van der Waals surface area contributed by atoms with E-state index in [2.05, 4.69) is 13.8 Å². The first kappa shape index (κ1) is 13.9. The van der Waals surface area contributed by atoms with E-state index >= 15 is 0 Å². The molecule has 0 aliphatic heterocycles. The van der Waals surface area contributed by atoms with E-state index in [-0.39, 0.29) is 11.2 Å². The van der Waals surface area contributed by atoms with E-state index in [1.165, 1.54) is 0 Å². The summed E-state index contributed by atoms with van der Waals surface area (Å²) in [4.78, 5) is 0. The lowest BCUT2D eigenvalue weighted by molar-refractivity contribution is -0.207. The Morgan fingerprint density at radius 1 is 0.938 bits per heavy atom. The Balaban J connectivity index is 2.94. The van der Waals surface area contributed by atoms with Gasteiger partial charge in [-0.1, -0.05) is 0 Å². The monoisotopic (exact) mass is 230 g/mol. The third-order valence-corrected chi connectivity index (χ3v) is 4.60. The summed E-state index contributed by atoms with van der Waals surface area (Å²) in [5, 5.41) is 0. The molecule has 96 valence electrons. The van der Waals surface area contributed by atoms with Gasteiger partial charge in [0.25, 0.3) is 0 Å². The summed E-state index contributed by atoms with van der Waals surface area (Å²) >= 11 is 0. The predicted octanol–water partition coefficient (Wildman–Crippen LogP) is 0.740. The number of ether oxygens (including phenoxy) is 2. The number of methoxy groups -OCH3 is 2. The molecule has 4 N–H and O–H groups in total. The van der Waals surface area contributed by atoms with Gasteiger partial charge in [-0.2, -0.15) is 0 Å². The fourth-order valence-corrected chi connectivity index (χ4v) is 2.92. The van der Waals surface area contributed by atoms with Crippen LogP contribution in [0.2, 0.25) is 0 Å². The van der Waals surface area contributed by atoms with Gasteiger partial charge < -0.3 is 20.9 Å². The molecule has 4 atom stereocenters. The van der Waals surface area contributed by atoms with Crippen molar-refractivity contribution in [2.45, 2.75) is 37.9 Å². The maximum absolute atomic E-state index is 5.82. The lowest BCUT2D eigenvalue weighted by Gasteiger charge is -2.53. The van der Waals surface area contributed by atoms with Crippen LogP contribution in [0.25, 0.3) is 0 Å². The standard InChI is InChI=1S/C12H26N2O2/c1-11(15-3)5-9(7-13)10(8-14)6-12(11,2)16-4/h9-10H,5-8,13-14H2,1-4H3. The van der Waals surface area contributed by atoms with Gasteiger partial charge >= 0.3 is 0 Å². The van der Waals surface area contributed by atoms with E-state index in [1.807, 2.05) is 0 Å². The second kappa shape index (κ2) is 5.00. The van der Waals surface area contributed by atoms with Crippen molar-refractivity contribution >= 4 is 0 Å². The van der Waals surface area contributed by atoms with E-state index in [9.17, 15) is 0 Å². The molecule has 1 aliphatic rings. The van der Waals surface area contributed by atoms with E-state index < -0.39 is 0 Å². The fraction of sp³-hybridized carbons (Fsp3) is 1.00. The minimum Gasteiger partial charge on any atom is -0.376 e. The Hall–Kier alpha value is -0.160. The van der Waals surface area contributed by atoms with Crippen LogP contribution in [0.4, 0.5) is 0 Å². The Morgan fingerprint density at radius 3 is 1.44 bits per heavy atom. The minimum absolute atomic E-state index is 0.280. The van der Waals surface area contributed by atoms with Gasteiger partial charge in [0.15, 0.2) is 0 Å². The summed E-state index contributed by atoms with van der Waals surface area (Å²) in [5.74, 6) is 0.858. The quantitative estimate of drug-likeness (QED) is 0.747. The first-order valence-corrected chi connectivity index (χ1v) is 5.96. The Labute approximate surface area is 98.7 Å². The van der Waals surface area contributed by atoms with Gasteiger partial charge in [-0.15, -0.1) is 0 Å². The molecular formula is C12H26N2O2. The van der Waals surface area contributed by atoms with E-state index in [1.54, 1.807) is 14.2 Å². The van der Waals surface area contributed by atoms with Crippen LogP contribution in [0.15, 0.2) is 0 Å². The fourth-order valence-electron chi connectivity index (χ4n) is 2.92. The molecule has 4 unspecified atom stereocenters. The van der Waals surface area contributed by atoms with Gasteiger partial charge in [-0.25, -0.2) is 0 Å². The van der Waals surface area contributed by atoms with Crippen LogP contribution in [0.1, 0.15) is 26.7 Å². The molecule has 0 aromatic rings. The Morgan fingerprint density at radius 2 is 1.25 bits per heavy atom. The highest BCUT2D eigenvalue weighted by Crippen LogP contribution is 2.46. The molecule has 1 aliphatic carbocycles. The van der Waals surface area contributed by atoms with Crippen LogP contribution >= 0.6 is 0 Å². The van der Waals surface area contributed by atoms with Gasteiger partial charge in [0.05, 0.1) is 11.2 Å². The molecule has 1 saturated carbocycles. The van der Waals surface area contributed by atoms with Crippen molar-refractivity contribution in [1.29, 1.82) is 0 Å². The van der Waals surface area contributed by atoms with Gasteiger partial charge in [-0.3, -0.25) is 0 Å². The molecule has 4 nitrogen and oxygen atoms in total. The highest BCUT2D eigenvalue weighted by atomic mass is 16.5. The molecule has 1 rings (SSSR count). The Kier molecular flexibility index (Phi) is 4.35. The SMILES string of the molecule is COC1(C)CC(CN)C(CN)CC1(C)OC. The van der Waals surface area contributed by atoms with Crippen molar-refractivity contribution in [2.24, 2.45) is 23.3 Å². The van der Waals surface area contributed by atoms with Crippen LogP contribution in [0.3, 0.4) is 0 Å². The summed E-state index contributed by atoms with van der Waals surface area (Å²) in [7, 11) is 3.49. The molecule has 0 amide bonds. The minimum atomic E-state index is -0.280. The van der Waals surface area contributed by atoms with E-state index in [0.29, 0.717) is 24.9 Å². The van der Waals surface area contributed by atoms with Crippen molar-refractivity contribution < 1.29 is 9.47 Å². The predicted molar refractivity (Wildman–Crippen MR) is 65.2 cm³/mol. The molecule has 0 spiro atoms. The number of hydrogen-bond donors (Lipinski definition) is 2. The number of nitrogens with two attached hydrogens (primary N) is 2. The maximum Gasteiger partial charge on any atom is 0.0939 e. The second-order valence-electron chi connectivity index (χ2n) is 5.27. The highest BCUT2D eigenvalue weighted by Gasteiger charge is 2.52. The van der Waals surface area contributed by atoms with Crippen LogP contribution in [0, 0.1) is 11.8 Å². The van der Waals surface area contributed by atoms with Gasteiger partial charge in [0, 0.05) is 14.2 Å². The van der Waals surface area contributed by atoms with Gasteiger partial charge in [0.2, 0.25) is 0 Å². The van der Waals surface area contributed by atoms with Crippen LogP contribution < -0.4 is 11.5 Å². The molecule has 0 radical (unpaired) electrons. The van der Waals surface area contributed by atoms with Crippen molar-refractivity contribution in [2.75, 3.05) is 27.3 Å². The zero-order valence-corrected chi connectivity index (χ0v) is 11.0. The van der Waals surface area contributed by atoms with Gasteiger partial charge in [0.1, 0.15) is 0 Å². The van der Waals surface area contributed by atoms with Crippen LogP contribution in [-0.4, -0.2) is 38.5 Å². The largest absolute Gasteiger partial charge is 0.376 e. The molecule has 0 saturated heterocycles. The molecular weight excluding hydrogens is 204 g/mol. The molecule has 1 fully saturated rings. The van der Waals surface area contributed by atoms with Gasteiger partial charge in [-0.05, 0) is 51.6 Å². The van der Waals surface area contributed by atoms with E-state index in [0.717, 1.165) is 12.8 Å². The lowest BCUT2D eigenvalue weighted by atomic mass is 9.64. The van der Waals surface area contributed by atoms with Crippen molar-refractivity contribution in [1.82, 2.24) is 0 Å². The average molecular weight is 230 g/mol. The number of hydrogen-bond acceptors (Lipinski definition) is 4. The first-order valence-electron chi connectivity index (χ1n) is 5.96. The summed E-state index contributed by atoms with van der Waals surface area (Å²) in [5.41, 5.74) is 11.1. The van der Waals surface area contributed by atoms with Crippen molar-refractivity contribution in [3.8, 4) is 0 Å². The first-order chi connectivity index (χ1) is 7.46. The van der Waals surface area contributed by atoms with Crippen molar-refractivity contribution in [3.05, 3.63) is 0 Å². The topological polar surface area (TPSA) is 70.5 Å². The molecule has 16 heavy (non-hydrogen) atoms. The maximum atomic E-state index is 5.82. The summed E-state index contributed by atoms with van der Waals surface area (Å²) < 4.78 is 11.4. The lowest BCUT2D eigenvalue weighted by Crippen LogP contribution is -2.60. The second-order valence-corrected chi connectivity index (χ2v) is 5.27. The third kappa shape index (κ3) is 2.12. The van der Waals surface area contributed by atoms with Crippen LogP contribution in [0.5, 0.6) is 0 Å². The molecule has 0 bridgehead atoms. The summed E-state index contributed by atoms with van der Waals surface area (Å²) in [6.45, 7) is 5.54. The molecule has 4 heteroatoms. The molecule has 0 heterocycles. The summed E-state index contributed by atoms with van der Waals surface area (Å²) in [6, 6.07) is 0. The van der Waals surface area contributed by atoms with Crippen LogP contribution in [-0.2, 0) is 9.47 Å². The normalized spacial score (nSPS) is 44.6. The average Bonchev–Trinajstić information content (AvgIpc) is 2.31. The zero-order valence-electron chi connectivity index (χ0n) is 11.0. The summed E-state index contributed by atoms with van der Waals surface area (Å²) in [6.07, 6.45) is 1.82. The Bertz CT molecular complexity index is 213. The third-order valence-electron chi connectivity index (χ3n) is 4.60.